The van der Waals surface area contributed by atoms with Crippen LogP contribution in [-0.4, -0.2) is 164 Å². The zero-order valence-corrected chi connectivity index (χ0v) is 35.5. The number of aliphatic hydroxyl groups is 4. The lowest BCUT2D eigenvalue weighted by Crippen LogP contribution is -2.47. The highest BCUT2D eigenvalue weighted by molar-refractivity contribution is 7.47. The average Bonchev–Trinajstić information content (AvgIpc) is 3.95. The lowest BCUT2D eigenvalue weighted by molar-refractivity contribution is -0.120. The van der Waals surface area contributed by atoms with Crippen LogP contribution >= 0.6 is 15.6 Å². The minimum atomic E-state index is -5.40. The van der Waals surface area contributed by atoms with E-state index in [0.29, 0.717) is 11.3 Å². The SMILES string of the molecule is CC(=O)N[C@H]1[C@@H](O)[C@H](n2cnc3c(N(C)C)ncnc32)O[C@@H]1COP(=O)(O)O[C@H]1[C@@H](O)[C@H](n2ccc(N)nc2=O)O[C@@H]1COP(=O)(O)O[C@H]1[C@@H](O)[C@H](n2ccc(N)nc2=O)O[C@@H]1CO. The zero-order chi connectivity index (χ0) is 46.4. The summed E-state index contributed by atoms with van der Waals surface area (Å²) in [6.45, 7) is -1.66. The number of phosphoric acid groups is 2. The number of rotatable bonds is 16. The Balaban J connectivity index is 1.08. The van der Waals surface area contributed by atoms with Gasteiger partial charge in [0.15, 0.2) is 35.7 Å². The molecule has 350 valence electrons. The minimum Gasteiger partial charge on any atom is -0.394 e. The summed E-state index contributed by atoms with van der Waals surface area (Å²) in [6, 6.07) is 1.12. The van der Waals surface area contributed by atoms with Crippen LogP contribution < -0.4 is 33.1 Å². The van der Waals surface area contributed by atoms with Gasteiger partial charge in [0.05, 0.1) is 32.2 Å². The van der Waals surface area contributed by atoms with E-state index in [1.807, 2.05) is 0 Å². The molecule has 4 aromatic rings. The summed E-state index contributed by atoms with van der Waals surface area (Å²) in [5.74, 6) is -0.523. The Hall–Kier alpha value is -4.88. The van der Waals surface area contributed by atoms with Crippen LogP contribution in [0.25, 0.3) is 11.2 Å². The van der Waals surface area contributed by atoms with Crippen LogP contribution in [0.2, 0.25) is 0 Å². The van der Waals surface area contributed by atoms with Crippen molar-refractivity contribution in [1.82, 2.24) is 43.9 Å². The van der Waals surface area contributed by atoms with Crippen molar-refractivity contribution < 1.29 is 76.4 Å². The van der Waals surface area contributed by atoms with E-state index in [-0.39, 0.29) is 17.3 Å². The van der Waals surface area contributed by atoms with Gasteiger partial charge in [-0.1, -0.05) is 0 Å². The number of imidazole rings is 1. The Bertz CT molecular complexity index is 2570. The van der Waals surface area contributed by atoms with Gasteiger partial charge >= 0.3 is 27.0 Å². The Morgan fingerprint density at radius 2 is 1.30 bits per heavy atom. The average molecular weight is 947 g/mol. The van der Waals surface area contributed by atoms with E-state index >= 15 is 0 Å². The van der Waals surface area contributed by atoms with Crippen LogP contribution in [0.3, 0.4) is 0 Å². The van der Waals surface area contributed by atoms with Gasteiger partial charge in [-0.25, -0.2) is 33.7 Å². The van der Waals surface area contributed by atoms with Crippen LogP contribution in [0.15, 0.2) is 46.8 Å². The van der Waals surface area contributed by atoms with Crippen molar-refractivity contribution in [3.05, 3.63) is 58.1 Å². The van der Waals surface area contributed by atoms with E-state index in [9.17, 15) is 53.7 Å². The molecule has 0 bridgehead atoms. The van der Waals surface area contributed by atoms with Crippen LogP contribution in [0, 0.1) is 0 Å². The molecule has 7 heterocycles. The van der Waals surface area contributed by atoms with Crippen molar-refractivity contribution in [3.8, 4) is 0 Å². The molecule has 32 heteroatoms. The molecule has 0 saturated carbocycles. The first kappa shape index (κ1) is 47.1. The van der Waals surface area contributed by atoms with Gasteiger partial charge in [-0.2, -0.15) is 9.97 Å². The highest BCUT2D eigenvalue weighted by Crippen LogP contribution is 2.52. The fourth-order valence-corrected chi connectivity index (χ4v) is 9.19. The predicted molar refractivity (Wildman–Crippen MR) is 211 cm³/mol. The molecule has 3 fully saturated rings. The number of hydrogen-bond donors (Lipinski definition) is 9. The van der Waals surface area contributed by atoms with E-state index in [2.05, 4.69) is 30.2 Å². The fourth-order valence-electron chi connectivity index (χ4n) is 7.26. The third-order valence-corrected chi connectivity index (χ3v) is 12.1. The Labute approximate surface area is 359 Å². The quantitative estimate of drug-likeness (QED) is 0.0481. The first-order chi connectivity index (χ1) is 30.2. The molecular formula is C32H44N12O18P2. The van der Waals surface area contributed by atoms with Gasteiger partial charge < -0.3 is 66.1 Å². The third-order valence-electron chi connectivity index (χ3n) is 10.1. The maximum absolute atomic E-state index is 13.6. The van der Waals surface area contributed by atoms with E-state index < -0.39 is 126 Å². The number of amides is 1. The van der Waals surface area contributed by atoms with Crippen molar-refractivity contribution in [3.63, 3.8) is 0 Å². The molecule has 7 rings (SSSR count). The van der Waals surface area contributed by atoms with Crippen molar-refractivity contribution >= 4 is 50.2 Å². The van der Waals surface area contributed by atoms with Gasteiger partial charge in [0.1, 0.15) is 66.8 Å². The van der Waals surface area contributed by atoms with Crippen molar-refractivity contribution in [2.75, 3.05) is 50.3 Å². The number of ether oxygens (including phenoxy) is 3. The van der Waals surface area contributed by atoms with Gasteiger partial charge in [0, 0.05) is 33.4 Å². The molecule has 3 aliphatic rings. The molecule has 30 nitrogen and oxygen atoms in total. The van der Waals surface area contributed by atoms with Crippen LogP contribution in [-0.2, 0) is 46.2 Å². The summed E-state index contributed by atoms with van der Waals surface area (Å²) in [7, 11) is -7.31. The van der Waals surface area contributed by atoms with Gasteiger partial charge in [0.25, 0.3) is 0 Å². The second-order valence-corrected chi connectivity index (χ2v) is 17.6. The number of aliphatic hydroxyl groups excluding tert-OH is 4. The van der Waals surface area contributed by atoms with Gasteiger partial charge in [0.2, 0.25) is 5.91 Å². The predicted octanol–water partition coefficient (Wildman–Crippen LogP) is -4.15. The van der Waals surface area contributed by atoms with Crippen molar-refractivity contribution in [2.24, 2.45) is 0 Å². The fraction of sp³-hybridized carbons (Fsp3) is 0.562. The molecule has 1 amide bonds. The molecule has 11 N–H and O–H groups in total. The summed E-state index contributed by atoms with van der Waals surface area (Å²) in [4.78, 5) is 80.7. The summed E-state index contributed by atoms with van der Waals surface area (Å²) in [5.41, 5.74) is 9.68. The van der Waals surface area contributed by atoms with Crippen molar-refractivity contribution in [2.45, 2.75) is 80.5 Å². The number of carbonyl (C=O) groups excluding carboxylic acids is 1. The number of nitrogens with one attached hydrogen (secondary N) is 1. The van der Waals surface area contributed by atoms with Gasteiger partial charge in [-0.15, -0.1) is 0 Å². The molecule has 0 radical (unpaired) electrons. The summed E-state index contributed by atoms with van der Waals surface area (Å²) in [6.07, 6.45) is -13.7. The summed E-state index contributed by atoms with van der Waals surface area (Å²) >= 11 is 0. The second-order valence-electron chi connectivity index (χ2n) is 14.7. The van der Waals surface area contributed by atoms with Gasteiger partial charge in [-0.05, 0) is 12.1 Å². The normalized spacial score (nSPS) is 31.2. The van der Waals surface area contributed by atoms with E-state index in [0.717, 1.165) is 34.5 Å². The standard InChI is InChI=1S/C32H44N12O18P2/c1-13(46)38-19-15(59-28(21(19)47)44-12-37-20-26(41(2)3)35-11-36-27(20)44)9-56-63(52,53)62-25-16(60-30(23(25)49)43-7-5-18(34)40-32(43)51)10-57-64(54,55)61-24-14(8-45)58-29(22(24)48)42-6-4-17(33)39-31(42)50/h4-7,11-12,14-16,19,21-25,28-30,45,47-49H,8-10H2,1-3H3,(H,38,46)(H,52,53)(H,54,55)(H2,33,39,50)(H2,34,40,51)/t14-,15-,16-,19-,21-,22-,23-,24-,25-,28-,29-,30-/m1/s1. The monoisotopic (exact) mass is 946 g/mol. The molecular weight excluding hydrogens is 902 g/mol. The summed E-state index contributed by atoms with van der Waals surface area (Å²) < 4.78 is 68.0. The number of aromatic nitrogens is 8. The topological polar surface area (TPSA) is 418 Å². The maximum atomic E-state index is 13.6. The molecule has 0 aromatic carbocycles. The number of hydrogen-bond acceptors (Lipinski definition) is 24. The van der Waals surface area contributed by atoms with Crippen LogP contribution in [0.1, 0.15) is 25.6 Å². The number of nitrogens with two attached hydrogens (primary N) is 2. The number of nitrogen functional groups attached to an aromatic ring is 2. The largest absolute Gasteiger partial charge is 0.472 e. The number of anilines is 3. The smallest absolute Gasteiger partial charge is 0.394 e. The Kier molecular flexibility index (Phi) is 13.6. The number of fused-ring (bicyclic) bond motifs is 1. The molecule has 14 atom stereocenters. The molecule has 0 spiro atoms. The Morgan fingerprint density at radius 1 is 0.797 bits per heavy atom. The maximum Gasteiger partial charge on any atom is 0.472 e. The number of phosphoric ester groups is 2. The highest BCUT2D eigenvalue weighted by atomic mass is 31.2. The van der Waals surface area contributed by atoms with Crippen molar-refractivity contribution in [1.29, 1.82) is 0 Å². The molecule has 3 saturated heterocycles. The summed E-state index contributed by atoms with van der Waals surface area (Å²) in [5, 5.41) is 46.1. The highest BCUT2D eigenvalue weighted by Gasteiger charge is 2.53. The second kappa shape index (κ2) is 18.5. The Morgan fingerprint density at radius 3 is 1.81 bits per heavy atom. The third kappa shape index (κ3) is 9.71. The number of carbonyl (C=O) groups is 1. The minimum absolute atomic E-state index is 0.152. The molecule has 3 aliphatic heterocycles. The molecule has 0 aliphatic carbocycles. The van der Waals surface area contributed by atoms with Crippen LogP contribution in [0.5, 0.6) is 0 Å². The van der Waals surface area contributed by atoms with E-state index in [4.69, 9.17) is 43.8 Å². The molecule has 64 heavy (non-hydrogen) atoms. The molecule has 2 unspecified atom stereocenters. The zero-order valence-electron chi connectivity index (χ0n) is 33.7. The van der Waals surface area contributed by atoms with E-state index in [1.165, 1.54) is 23.3 Å². The first-order valence-electron chi connectivity index (χ1n) is 18.9. The number of nitrogens with zero attached hydrogens (tertiary/aromatic N) is 9. The van der Waals surface area contributed by atoms with Crippen LogP contribution in [0.4, 0.5) is 17.5 Å². The lowest BCUT2D eigenvalue weighted by atomic mass is 10.1. The van der Waals surface area contributed by atoms with Gasteiger partial charge in [-0.3, -0.25) is 36.6 Å². The lowest BCUT2D eigenvalue weighted by Gasteiger charge is -2.26. The van der Waals surface area contributed by atoms with E-state index in [1.54, 1.807) is 19.0 Å². The first-order valence-corrected chi connectivity index (χ1v) is 21.9. The molecule has 4 aromatic heterocycles.